The molecule has 2 aromatic carbocycles. The number of aromatic nitrogens is 2. The van der Waals surface area contributed by atoms with Crippen LogP contribution in [0.3, 0.4) is 0 Å². The van der Waals surface area contributed by atoms with E-state index in [1.54, 1.807) is 4.90 Å². The van der Waals surface area contributed by atoms with Crippen LogP contribution in [0.15, 0.2) is 48.5 Å². The third kappa shape index (κ3) is 4.59. The van der Waals surface area contributed by atoms with E-state index in [1.807, 2.05) is 14.1 Å². The smallest absolute Gasteiger partial charge is 0.407 e. The first kappa shape index (κ1) is 24.7. The number of amides is 1. The maximum absolute atomic E-state index is 12.5. The molecule has 0 spiro atoms. The van der Waals surface area contributed by atoms with Gasteiger partial charge in [0.05, 0.1) is 5.69 Å². The quantitative estimate of drug-likeness (QED) is 0.426. The third-order valence-electron chi connectivity index (χ3n) is 8.64. The number of nitrogens with zero attached hydrogens (tertiary/aromatic N) is 4. The Kier molecular flexibility index (Phi) is 6.68. The van der Waals surface area contributed by atoms with Crippen LogP contribution in [0.2, 0.25) is 0 Å². The van der Waals surface area contributed by atoms with E-state index in [-0.39, 0.29) is 18.0 Å². The van der Waals surface area contributed by atoms with Crippen molar-refractivity contribution in [3.63, 3.8) is 0 Å². The van der Waals surface area contributed by atoms with Gasteiger partial charge in [-0.1, -0.05) is 48.5 Å². The predicted octanol–water partition coefficient (Wildman–Crippen LogP) is 5.94. The molecule has 2 N–H and O–H groups in total. The average Bonchev–Trinajstić information content (AvgIpc) is 3.25. The Labute approximate surface area is 224 Å². The van der Waals surface area contributed by atoms with E-state index in [0.29, 0.717) is 12.5 Å². The van der Waals surface area contributed by atoms with E-state index < -0.39 is 6.09 Å². The van der Waals surface area contributed by atoms with E-state index in [0.717, 1.165) is 44.3 Å². The van der Waals surface area contributed by atoms with Crippen LogP contribution in [0.1, 0.15) is 66.8 Å². The van der Waals surface area contributed by atoms with Gasteiger partial charge in [0.15, 0.2) is 0 Å². The number of anilines is 2. The zero-order valence-electron chi connectivity index (χ0n) is 22.4. The van der Waals surface area contributed by atoms with Crippen molar-refractivity contribution < 1.29 is 9.90 Å². The fourth-order valence-electron chi connectivity index (χ4n) is 6.76. The molecule has 1 heterocycles. The molecule has 0 saturated heterocycles. The van der Waals surface area contributed by atoms with Crippen LogP contribution in [-0.4, -0.2) is 58.8 Å². The summed E-state index contributed by atoms with van der Waals surface area (Å²) in [5.41, 5.74) is 7.40. The first-order valence-electron chi connectivity index (χ1n) is 14.0. The second-order valence-electron chi connectivity index (χ2n) is 11.2. The lowest BCUT2D eigenvalue weighted by Crippen LogP contribution is -2.45. The largest absolute Gasteiger partial charge is 0.465 e. The molecule has 0 atom stereocenters. The number of rotatable bonds is 6. The van der Waals surface area contributed by atoms with E-state index in [2.05, 4.69) is 58.7 Å². The average molecular weight is 512 g/mol. The molecular formula is C31H37N5O2. The van der Waals surface area contributed by atoms with Gasteiger partial charge in [0.1, 0.15) is 5.82 Å². The third-order valence-corrected chi connectivity index (χ3v) is 8.64. The Morgan fingerprint density at radius 1 is 0.921 bits per heavy atom. The van der Waals surface area contributed by atoms with Crippen molar-refractivity contribution in [3.8, 4) is 11.1 Å². The lowest BCUT2D eigenvalue weighted by Gasteiger charge is -2.37. The van der Waals surface area contributed by atoms with Crippen LogP contribution < -0.4 is 10.2 Å². The molecule has 0 radical (unpaired) electrons. The zero-order valence-corrected chi connectivity index (χ0v) is 22.4. The molecule has 7 nitrogen and oxygen atoms in total. The minimum absolute atomic E-state index is 0.0206. The number of aryl methyl sites for hydroxylation is 1. The number of carbonyl (C=O) groups is 1. The van der Waals surface area contributed by atoms with Crippen molar-refractivity contribution in [2.45, 2.75) is 69.4 Å². The highest BCUT2D eigenvalue weighted by atomic mass is 16.4. The van der Waals surface area contributed by atoms with Gasteiger partial charge in [-0.15, -0.1) is 0 Å². The molecule has 198 valence electrons. The maximum Gasteiger partial charge on any atom is 0.407 e. The van der Waals surface area contributed by atoms with Crippen LogP contribution in [0.25, 0.3) is 11.1 Å². The van der Waals surface area contributed by atoms with Gasteiger partial charge < -0.3 is 20.2 Å². The summed E-state index contributed by atoms with van der Waals surface area (Å²) in [5, 5.41) is 13.9. The number of nitrogens with one attached hydrogen (secondary N) is 1. The van der Waals surface area contributed by atoms with Crippen molar-refractivity contribution >= 4 is 17.9 Å². The number of carboxylic acid groups (broad SMARTS) is 1. The number of hydrogen-bond acceptors (Lipinski definition) is 5. The molecule has 1 amide bonds. The summed E-state index contributed by atoms with van der Waals surface area (Å²) >= 11 is 0. The molecule has 0 unspecified atom stereocenters. The van der Waals surface area contributed by atoms with Gasteiger partial charge in [-0.2, -0.15) is 4.98 Å². The van der Waals surface area contributed by atoms with Crippen molar-refractivity contribution in [1.82, 2.24) is 14.9 Å². The molecule has 3 aliphatic carbocycles. The highest BCUT2D eigenvalue weighted by Gasteiger charge is 2.35. The Morgan fingerprint density at radius 3 is 2.18 bits per heavy atom. The van der Waals surface area contributed by atoms with Crippen molar-refractivity contribution in [1.29, 1.82) is 0 Å². The fraction of sp³-hybridized carbons (Fsp3) is 0.452. The summed E-state index contributed by atoms with van der Waals surface area (Å²) in [6.45, 7) is 0.492. The van der Waals surface area contributed by atoms with Crippen LogP contribution in [0.4, 0.5) is 16.6 Å². The Morgan fingerprint density at radius 2 is 1.55 bits per heavy atom. The molecule has 1 saturated carbocycles. The molecule has 38 heavy (non-hydrogen) atoms. The summed E-state index contributed by atoms with van der Waals surface area (Å²) in [6.07, 6.45) is 7.12. The molecule has 1 fully saturated rings. The van der Waals surface area contributed by atoms with Gasteiger partial charge in [0.2, 0.25) is 5.95 Å². The standard InChI is InChI=1S/C31H37N5O2/c1-35(2)29-26-13-7-8-14-28(26)33-30(34-29)32-20-15-17-21(18-16-20)36(31(37)38)19-27-24-11-5-3-9-22(24)23-10-4-6-12-25(23)27/h3-6,9-12,20-21,27H,7-8,13-19H2,1-2H3,(H,37,38)(H,32,33,34). The minimum atomic E-state index is -0.822. The SMILES string of the molecule is CN(C)c1nc(NC2CCC(N(CC3c4ccccc4-c4ccccc43)C(=O)O)CC2)nc2c1CCCC2. The van der Waals surface area contributed by atoms with E-state index in [1.165, 1.54) is 46.4 Å². The normalized spacial score (nSPS) is 20.3. The van der Waals surface area contributed by atoms with Crippen molar-refractivity contribution in [3.05, 3.63) is 70.9 Å². The fourth-order valence-corrected chi connectivity index (χ4v) is 6.76. The van der Waals surface area contributed by atoms with Gasteiger partial charge in [-0.25, -0.2) is 9.78 Å². The van der Waals surface area contributed by atoms with Crippen LogP contribution in [-0.2, 0) is 12.8 Å². The second kappa shape index (κ2) is 10.3. The summed E-state index contributed by atoms with van der Waals surface area (Å²) in [5.74, 6) is 1.81. The second-order valence-corrected chi connectivity index (χ2v) is 11.2. The van der Waals surface area contributed by atoms with Crippen LogP contribution >= 0.6 is 0 Å². The molecular weight excluding hydrogens is 474 g/mol. The first-order chi connectivity index (χ1) is 18.5. The van der Waals surface area contributed by atoms with E-state index in [4.69, 9.17) is 9.97 Å². The molecule has 3 aliphatic rings. The molecule has 1 aromatic heterocycles. The van der Waals surface area contributed by atoms with Gasteiger partial charge >= 0.3 is 6.09 Å². The molecule has 7 heteroatoms. The number of fused-ring (bicyclic) bond motifs is 4. The number of benzene rings is 2. The highest BCUT2D eigenvalue weighted by molar-refractivity contribution is 5.79. The lowest BCUT2D eigenvalue weighted by atomic mass is 9.88. The van der Waals surface area contributed by atoms with Gasteiger partial charge in [0, 0.05) is 44.2 Å². The summed E-state index contributed by atoms with van der Waals surface area (Å²) in [7, 11) is 4.10. The Hall–Kier alpha value is -3.61. The van der Waals surface area contributed by atoms with Crippen LogP contribution in [0, 0.1) is 0 Å². The predicted molar refractivity (Wildman–Crippen MR) is 151 cm³/mol. The van der Waals surface area contributed by atoms with E-state index in [9.17, 15) is 9.90 Å². The monoisotopic (exact) mass is 511 g/mol. The number of hydrogen-bond donors (Lipinski definition) is 2. The highest BCUT2D eigenvalue weighted by Crippen LogP contribution is 2.45. The molecule has 3 aromatic rings. The molecule has 6 rings (SSSR count). The Bertz CT molecular complexity index is 1290. The summed E-state index contributed by atoms with van der Waals surface area (Å²) in [6, 6.07) is 17.1. The zero-order chi connectivity index (χ0) is 26.2. The first-order valence-corrected chi connectivity index (χ1v) is 14.0. The Balaban J connectivity index is 1.15. The maximum atomic E-state index is 12.5. The van der Waals surface area contributed by atoms with Crippen molar-refractivity contribution in [2.24, 2.45) is 0 Å². The van der Waals surface area contributed by atoms with E-state index >= 15 is 0 Å². The summed E-state index contributed by atoms with van der Waals surface area (Å²) in [4.78, 5) is 26.1. The van der Waals surface area contributed by atoms with Crippen LogP contribution in [0.5, 0.6) is 0 Å². The molecule has 0 aliphatic heterocycles. The van der Waals surface area contributed by atoms with Crippen molar-refractivity contribution in [2.75, 3.05) is 30.9 Å². The summed E-state index contributed by atoms with van der Waals surface area (Å²) < 4.78 is 0. The minimum Gasteiger partial charge on any atom is -0.465 e. The molecule has 0 bridgehead atoms. The van der Waals surface area contributed by atoms with Gasteiger partial charge in [-0.3, -0.25) is 0 Å². The lowest BCUT2D eigenvalue weighted by molar-refractivity contribution is 0.108. The van der Waals surface area contributed by atoms with Gasteiger partial charge in [-0.05, 0) is 73.6 Å². The van der Waals surface area contributed by atoms with Gasteiger partial charge in [0.25, 0.3) is 0 Å². The topological polar surface area (TPSA) is 81.6 Å².